The number of hydrogen-bond donors (Lipinski definition) is 1. The van der Waals surface area contributed by atoms with E-state index >= 15 is 0 Å². The zero-order chi connectivity index (χ0) is 15.6. The zero-order valence-electron chi connectivity index (χ0n) is 11.1. The maximum atomic E-state index is 12.1. The van der Waals surface area contributed by atoms with E-state index in [-0.39, 0.29) is 12.3 Å². The van der Waals surface area contributed by atoms with E-state index in [2.05, 4.69) is 15.6 Å². The van der Waals surface area contributed by atoms with Crippen LogP contribution in [0.5, 0.6) is 5.75 Å². The fourth-order valence-corrected chi connectivity index (χ4v) is 1.90. The number of rotatable bonds is 3. The average Bonchev–Trinajstić information content (AvgIpc) is 2.66. The van der Waals surface area contributed by atoms with Crippen molar-refractivity contribution >= 4 is 5.82 Å². The van der Waals surface area contributed by atoms with Gasteiger partial charge in [-0.25, -0.2) is 4.98 Å². The number of imidazole rings is 1. The Morgan fingerprint density at radius 1 is 1.33 bits per heavy atom. The van der Waals surface area contributed by atoms with Crippen LogP contribution in [0.2, 0.25) is 0 Å². The molecule has 2 N–H and O–H groups in total. The topological polar surface area (TPSA) is 53.1 Å². The lowest BCUT2D eigenvalue weighted by atomic mass is 10.1. The van der Waals surface area contributed by atoms with E-state index in [1.807, 2.05) is 0 Å². The molecule has 0 saturated heterocycles. The van der Waals surface area contributed by atoms with Gasteiger partial charge in [-0.2, -0.15) is 0 Å². The van der Waals surface area contributed by atoms with E-state index in [4.69, 9.17) is 12.2 Å². The monoisotopic (exact) mass is 295 g/mol. The Kier molecular flexibility index (Phi) is 3.80. The van der Waals surface area contributed by atoms with Crippen LogP contribution in [0.3, 0.4) is 0 Å². The molecule has 0 unspecified atom stereocenters. The van der Waals surface area contributed by atoms with Gasteiger partial charge in [-0.3, -0.25) is 0 Å². The predicted octanol–water partition coefficient (Wildman–Crippen LogP) is 2.97. The van der Waals surface area contributed by atoms with Crippen molar-refractivity contribution in [2.24, 2.45) is 0 Å². The molecule has 0 spiro atoms. The summed E-state index contributed by atoms with van der Waals surface area (Å²) in [6.07, 6.45) is 0.531. The Balaban J connectivity index is 2.32. The van der Waals surface area contributed by atoms with Gasteiger partial charge in [-0.15, -0.1) is 19.6 Å². The van der Waals surface area contributed by atoms with Gasteiger partial charge in [-0.1, -0.05) is 5.92 Å². The summed E-state index contributed by atoms with van der Waals surface area (Å²) in [5, 5.41) is 0. The second-order valence-corrected chi connectivity index (χ2v) is 4.26. The minimum atomic E-state index is -4.72. The number of nitrogens with two attached hydrogens (primary N) is 1. The normalized spacial score (nSPS) is 11.2. The van der Waals surface area contributed by atoms with Crippen molar-refractivity contribution in [3.63, 3.8) is 0 Å². The summed E-state index contributed by atoms with van der Waals surface area (Å²) in [5.74, 6) is 3.17. The highest BCUT2D eigenvalue weighted by Crippen LogP contribution is 2.29. The smallest absolute Gasteiger partial charge is 0.406 e. The number of halogens is 3. The SMILES string of the molecule is C#CCn1c(C)nc(-c2ccc(OC(F)(F)F)cc2)c1N. The standard InChI is InChI=1S/C14H12F3N3O/c1-3-8-20-9(2)19-12(13(20)18)10-4-6-11(7-5-10)21-14(15,16)17/h1,4-7H,8,18H2,2H3. The van der Waals surface area contributed by atoms with E-state index in [1.165, 1.54) is 24.3 Å². The van der Waals surface area contributed by atoms with Gasteiger partial charge in [0.25, 0.3) is 0 Å². The molecule has 0 aliphatic carbocycles. The molecule has 0 bridgehead atoms. The molecular weight excluding hydrogens is 283 g/mol. The number of hydrogen-bond acceptors (Lipinski definition) is 3. The van der Waals surface area contributed by atoms with Crippen molar-refractivity contribution < 1.29 is 17.9 Å². The number of ether oxygens (including phenoxy) is 1. The molecule has 7 heteroatoms. The van der Waals surface area contributed by atoms with Crippen LogP contribution in [0.25, 0.3) is 11.3 Å². The van der Waals surface area contributed by atoms with E-state index in [0.29, 0.717) is 22.9 Å². The van der Waals surface area contributed by atoms with E-state index in [1.54, 1.807) is 11.5 Å². The van der Waals surface area contributed by atoms with Crippen LogP contribution < -0.4 is 10.5 Å². The Morgan fingerprint density at radius 2 is 1.95 bits per heavy atom. The van der Waals surface area contributed by atoms with Crippen LogP contribution in [-0.2, 0) is 6.54 Å². The number of aryl methyl sites for hydroxylation is 1. The summed E-state index contributed by atoms with van der Waals surface area (Å²) in [6, 6.07) is 5.33. The van der Waals surface area contributed by atoms with Crippen LogP contribution >= 0.6 is 0 Å². The molecule has 0 aliphatic rings. The van der Waals surface area contributed by atoms with Crippen LogP contribution in [0.15, 0.2) is 24.3 Å². The highest BCUT2D eigenvalue weighted by molar-refractivity contribution is 5.71. The van der Waals surface area contributed by atoms with Gasteiger partial charge < -0.3 is 15.0 Å². The number of aromatic nitrogens is 2. The first-order valence-corrected chi connectivity index (χ1v) is 5.94. The highest BCUT2D eigenvalue weighted by atomic mass is 19.4. The summed E-state index contributed by atoms with van der Waals surface area (Å²) in [5.41, 5.74) is 7.01. The molecule has 0 saturated carbocycles. The van der Waals surface area contributed by atoms with E-state index in [9.17, 15) is 13.2 Å². The summed E-state index contributed by atoms with van der Waals surface area (Å²) < 4.78 is 41.7. The molecule has 0 aliphatic heterocycles. The molecule has 0 radical (unpaired) electrons. The molecule has 2 rings (SSSR count). The number of benzene rings is 1. The molecule has 21 heavy (non-hydrogen) atoms. The molecule has 2 aromatic rings. The molecule has 4 nitrogen and oxygen atoms in total. The van der Waals surface area contributed by atoms with Gasteiger partial charge in [0.05, 0.1) is 6.54 Å². The van der Waals surface area contributed by atoms with Crippen molar-refractivity contribution in [3.05, 3.63) is 30.1 Å². The van der Waals surface area contributed by atoms with Crippen molar-refractivity contribution in [3.8, 4) is 29.4 Å². The molecule has 110 valence electrons. The Hall–Kier alpha value is -2.62. The lowest BCUT2D eigenvalue weighted by Crippen LogP contribution is -2.16. The number of terminal acetylenes is 1. The van der Waals surface area contributed by atoms with Gasteiger partial charge in [0.1, 0.15) is 23.1 Å². The fourth-order valence-electron chi connectivity index (χ4n) is 1.90. The first kappa shape index (κ1) is 14.8. The number of nitrogen functional groups attached to an aromatic ring is 1. The van der Waals surface area contributed by atoms with Gasteiger partial charge in [0.2, 0.25) is 0 Å². The highest BCUT2D eigenvalue weighted by Gasteiger charge is 2.31. The van der Waals surface area contributed by atoms with Gasteiger partial charge in [0.15, 0.2) is 0 Å². The molecule has 1 aromatic heterocycles. The zero-order valence-corrected chi connectivity index (χ0v) is 11.1. The van der Waals surface area contributed by atoms with Crippen molar-refractivity contribution in [1.82, 2.24) is 9.55 Å². The number of alkyl halides is 3. The molecule has 0 fully saturated rings. The third-order valence-electron chi connectivity index (χ3n) is 2.81. The first-order chi connectivity index (χ1) is 9.81. The molecule has 1 aromatic carbocycles. The van der Waals surface area contributed by atoms with Crippen LogP contribution in [0, 0.1) is 19.3 Å². The fraction of sp³-hybridized carbons (Fsp3) is 0.214. The Labute approximate surface area is 119 Å². The molecule has 0 atom stereocenters. The van der Waals surface area contributed by atoms with E-state index in [0.717, 1.165) is 0 Å². The van der Waals surface area contributed by atoms with Crippen LogP contribution in [0.4, 0.5) is 19.0 Å². The summed E-state index contributed by atoms with van der Waals surface area (Å²) in [6.45, 7) is 2.03. The lowest BCUT2D eigenvalue weighted by molar-refractivity contribution is -0.274. The lowest BCUT2D eigenvalue weighted by Gasteiger charge is -2.09. The number of anilines is 1. The van der Waals surface area contributed by atoms with E-state index < -0.39 is 6.36 Å². The van der Waals surface area contributed by atoms with Gasteiger partial charge in [0, 0.05) is 5.56 Å². The maximum Gasteiger partial charge on any atom is 0.573 e. The van der Waals surface area contributed by atoms with Crippen molar-refractivity contribution in [2.75, 3.05) is 5.73 Å². The van der Waals surface area contributed by atoms with Gasteiger partial charge in [-0.05, 0) is 31.2 Å². The molecule has 1 heterocycles. The third kappa shape index (κ3) is 3.28. The first-order valence-electron chi connectivity index (χ1n) is 5.94. The minimum absolute atomic E-state index is 0.278. The summed E-state index contributed by atoms with van der Waals surface area (Å²) >= 11 is 0. The maximum absolute atomic E-state index is 12.1. The summed E-state index contributed by atoms with van der Waals surface area (Å²) in [4.78, 5) is 4.28. The Morgan fingerprint density at radius 3 is 2.48 bits per heavy atom. The van der Waals surface area contributed by atoms with Crippen molar-refractivity contribution in [1.29, 1.82) is 0 Å². The second-order valence-electron chi connectivity index (χ2n) is 4.26. The van der Waals surface area contributed by atoms with Crippen LogP contribution in [-0.4, -0.2) is 15.9 Å². The predicted molar refractivity (Wildman–Crippen MR) is 72.3 cm³/mol. The Bertz CT molecular complexity index is 681. The second kappa shape index (κ2) is 5.40. The van der Waals surface area contributed by atoms with Crippen molar-refractivity contribution in [2.45, 2.75) is 19.8 Å². The average molecular weight is 295 g/mol. The molecular formula is C14H12F3N3O. The largest absolute Gasteiger partial charge is 0.573 e. The summed E-state index contributed by atoms with van der Waals surface area (Å²) in [7, 11) is 0. The third-order valence-corrected chi connectivity index (χ3v) is 2.81. The quantitative estimate of drug-likeness (QED) is 0.886. The minimum Gasteiger partial charge on any atom is -0.406 e. The number of nitrogens with zero attached hydrogens (tertiary/aromatic N) is 2. The van der Waals surface area contributed by atoms with Gasteiger partial charge >= 0.3 is 6.36 Å². The molecule has 0 amide bonds. The van der Waals surface area contributed by atoms with Crippen LogP contribution in [0.1, 0.15) is 5.82 Å².